The van der Waals surface area contributed by atoms with E-state index < -0.39 is 0 Å². The van der Waals surface area contributed by atoms with Crippen molar-refractivity contribution in [3.63, 3.8) is 0 Å². The van der Waals surface area contributed by atoms with Gasteiger partial charge in [-0.2, -0.15) is 0 Å². The summed E-state index contributed by atoms with van der Waals surface area (Å²) in [6, 6.07) is 3.49. The smallest absolute Gasteiger partial charge is 0.179 e. The molecule has 1 rings (SSSR count). The Morgan fingerprint density at radius 1 is 1.46 bits per heavy atom. The van der Waals surface area contributed by atoms with Crippen LogP contribution in [0.25, 0.3) is 0 Å². The van der Waals surface area contributed by atoms with Crippen molar-refractivity contribution in [2.24, 2.45) is 0 Å². The summed E-state index contributed by atoms with van der Waals surface area (Å²) in [5, 5.41) is 0. The summed E-state index contributed by atoms with van der Waals surface area (Å²) in [6.07, 6.45) is 0.880. The Hall–Kier alpha value is -0.570. The third kappa shape index (κ3) is 2.44. The number of halogens is 2. The van der Waals surface area contributed by atoms with Crippen LogP contribution in [0.1, 0.15) is 18.9 Å². The minimum absolute atomic E-state index is 0.312. The van der Waals surface area contributed by atoms with E-state index in [1.807, 2.05) is 19.9 Å². The molecule has 0 aliphatic carbocycles. The second-order valence-electron chi connectivity index (χ2n) is 2.86. The van der Waals surface area contributed by atoms with Crippen LogP contribution in [0, 0.1) is 12.7 Å². The van der Waals surface area contributed by atoms with Gasteiger partial charge in [-0.15, -0.1) is 0 Å². The molecule has 0 fully saturated rings. The maximum absolute atomic E-state index is 13.4. The Morgan fingerprint density at radius 3 is 2.77 bits per heavy atom. The Labute approximate surface area is 86.0 Å². The molecule has 0 spiro atoms. The summed E-state index contributed by atoms with van der Waals surface area (Å²) in [4.78, 5) is 0. The van der Waals surface area contributed by atoms with Gasteiger partial charge in [0.2, 0.25) is 0 Å². The molecule has 13 heavy (non-hydrogen) atoms. The van der Waals surface area contributed by atoms with Crippen molar-refractivity contribution < 1.29 is 9.13 Å². The molecule has 0 saturated carbocycles. The maximum atomic E-state index is 13.4. The second-order valence-corrected chi connectivity index (χ2v) is 3.65. The molecule has 0 unspecified atom stereocenters. The van der Waals surface area contributed by atoms with Crippen molar-refractivity contribution in [3.8, 4) is 5.75 Å². The van der Waals surface area contributed by atoms with E-state index in [1.165, 1.54) is 0 Å². The van der Waals surface area contributed by atoms with Gasteiger partial charge in [-0.05, 0) is 40.9 Å². The average Bonchev–Trinajstić information content (AvgIpc) is 2.13. The summed E-state index contributed by atoms with van der Waals surface area (Å²) in [5.41, 5.74) is 0.876. The number of hydrogen-bond acceptors (Lipinski definition) is 1. The minimum atomic E-state index is -0.312. The van der Waals surface area contributed by atoms with E-state index in [0.717, 1.165) is 12.0 Å². The quantitative estimate of drug-likeness (QED) is 0.791. The highest BCUT2D eigenvalue weighted by atomic mass is 79.9. The van der Waals surface area contributed by atoms with E-state index in [1.54, 1.807) is 6.07 Å². The Morgan fingerprint density at radius 2 is 2.15 bits per heavy atom. The first-order chi connectivity index (χ1) is 6.16. The minimum Gasteiger partial charge on any atom is -0.490 e. The van der Waals surface area contributed by atoms with Crippen molar-refractivity contribution in [2.45, 2.75) is 20.3 Å². The van der Waals surface area contributed by atoms with Gasteiger partial charge in [0.1, 0.15) is 0 Å². The van der Waals surface area contributed by atoms with Crippen LogP contribution in [0.4, 0.5) is 4.39 Å². The van der Waals surface area contributed by atoms with Crippen molar-refractivity contribution in [3.05, 3.63) is 28.0 Å². The molecule has 0 aromatic heterocycles. The molecule has 0 N–H and O–H groups in total. The Balaban J connectivity index is 2.90. The lowest BCUT2D eigenvalue weighted by Crippen LogP contribution is -1.98. The molecule has 3 heteroatoms. The average molecular weight is 247 g/mol. The molecular formula is C10H12BrFO. The lowest BCUT2D eigenvalue weighted by Gasteiger charge is -2.08. The van der Waals surface area contributed by atoms with Crippen LogP contribution in [0.2, 0.25) is 0 Å². The number of hydrogen-bond donors (Lipinski definition) is 0. The zero-order valence-electron chi connectivity index (χ0n) is 7.73. The molecule has 1 aromatic rings. The van der Waals surface area contributed by atoms with Crippen molar-refractivity contribution in [1.82, 2.24) is 0 Å². The van der Waals surface area contributed by atoms with Crippen molar-refractivity contribution in [2.75, 3.05) is 6.61 Å². The first-order valence-electron chi connectivity index (χ1n) is 4.24. The highest BCUT2D eigenvalue weighted by molar-refractivity contribution is 9.10. The van der Waals surface area contributed by atoms with Crippen LogP contribution >= 0.6 is 15.9 Å². The number of aryl methyl sites for hydroxylation is 1. The van der Waals surface area contributed by atoms with Gasteiger partial charge in [-0.25, -0.2) is 4.39 Å². The highest BCUT2D eigenvalue weighted by Crippen LogP contribution is 2.27. The lowest BCUT2D eigenvalue weighted by atomic mass is 10.2. The zero-order chi connectivity index (χ0) is 9.84. The van der Waals surface area contributed by atoms with Gasteiger partial charge in [0.25, 0.3) is 0 Å². The third-order valence-electron chi connectivity index (χ3n) is 1.70. The van der Waals surface area contributed by atoms with Gasteiger partial charge in [-0.3, -0.25) is 0 Å². The monoisotopic (exact) mass is 246 g/mol. The summed E-state index contributed by atoms with van der Waals surface area (Å²) < 4.78 is 19.1. The fourth-order valence-corrected chi connectivity index (χ4v) is 1.28. The summed E-state index contributed by atoms with van der Waals surface area (Å²) in [6.45, 7) is 4.38. The molecule has 0 aliphatic heterocycles. The number of benzene rings is 1. The van der Waals surface area contributed by atoms with E-state index in [4.69, 9.17) is 4.74 Å². The SMILES string of the molecule is CCCOc1ccc(C)c(Br)c1F. The standard InChI is InChI=1S/C10H12BrFO/c1-3-6-13-8-5-4-7(2)9(11)10(8)12/h4-5H,3,6H2,1-2H3. The third-order valence-corrected chi connectivity index (χ3v) is 2.68. The van der Waals surface area contributed by atoms with Gasteiger partial charge in [0.05, 0.1) is 11.1 Å². The number of rotatable bonds is 3. The zero-order valence-corrected chi connectivity index (χ0v) is 9.32. The Bertz CT molecular complexity index is 299. The van der Waals surface area contributed by atoms with Crippen LogP contribution in [0.3, 0.4) is 0 Å². The summed E-state index contributed by atoms with van der Waals surface area (Å²) in [5.74, 6) is 0.00720. The lowest BCUT2D eigenvalue weighted by molar-refractivity contribution is 0.300. The summed E-state index contributed by atoms with van der Waals surface area (Å²) >= 11 is 3.17. The number of ether oxygens (including phenoxy) is 1. The van der Waals surface area contributed by atoms with Crippen LogP contribution in [0.15, 0.2) is 16.6 Å². The first-order valence-corrected chi connectivity index (χ1v) is 5.03. The van der Waals surface area contributed by atoms with E-state index in [-0.39, 0.29) is 5.82 Å². The Kier molecular flexibility index (Phi) is 3.72. The molecule has 0 atom stereocenters. The topological polar surface area (TPSA) is 9.23 Å². The fraction of sp³-hybridized carbons (Fsp3) is 0.400. The van der Waals surface area contributed by atoms with Crippen LogP contribution in [0.5, 0.6) is 5.75 Å². The van der Waals surface area contributed by atoms with Crippen molar-refractivity contribution >= 4 is 15.9 Å². The predicted octanol–water partition coefficient (Wildman–Crippen LogP) is 3.69. The second kappa shape index (κ2) is 4.61. The normalized spacial score (nSPS) is 10.2. The molecule has 0 aliphatic rings. The van der Waals surface area contributed by atoms with E-state index in [9.17, 15) is 4.39 Å². The van der Waals surface area contributed by atoms with Gasteiger partial charge < -0.3 is 4.74 Å². The molecule has 1 aromatic carbocycles. The first kappa shape index (κ1) is 10.5. The molecule has 1 nitrogen and oxygen atoms in total. The van der Waals surface area contributed by atoms with E-state index >= 15 is 0 Å². The van der Waals surface area contributed by atoms with Crippen LogP contribution in [-0.4, -0.2) is 6.61 Å². The predicted molar refractivity (Wildman–Crippen MR) is 54.6 cm³/mol. The maximum Gasteiger partial charge on any atom is 0.179 e. The highest BCUT2D eigenvalue weighted by Gasteiger charge is 2.08. The summed E-state index contributed by atoms with van der Waals surface area (Å²) in [7, 11) is 0. The van der Waals surface area contributed by atoms with Gasteiger partial charge in [0.15, 0.2) is 11.6 Å². The fourth-order valence-electron chi connectivity index (χ4n) is 0.952. The van der Waals surface area contributed by atoms with E-state index in [0.29, 0.717) is 16.8 Å². The molecule has 0 amide bonds. The van der Waals surface area contributed by atoms with Crippen molar-refractivity contribution in [1.29, 1.82) is 0 Å². The molecule has 0 radical (unpaired) electrons. The molecule has 0 saturated heterocycles. The van der Waals surface area contributed by atoms with Crippen LogP contribution < -0.4 is 4.74 Å². The molecule has 0 bridgehead atoms. The van der Waals surface area contributed by atoms with E-state index in [2.05, 4.69) is 15.9 Å². The van der Waals surface area contributed by atoms with Gasteiger partial charge in [-0.1, -0.05) is 13.0 Å². The molecule has 72 valence electrons. The van der Waals surface area contributed by atoms with Gasteiger partial charge >= 0.3 is 0 Å². The molecule has 0 heterocycles. The largest absolute Gasteiger partial charge is 0.490 e. The molecular weight excluding hydrogens is 235 g/mol. The van der Waals surface area contributed by atoms with Gasteiger partial charge in [0, 0.05) is 0 Å². The van der Waals surface area contributed by atoms with Crippen LogP contribution in [-0.2, 0) is 0 Å².